The molecule has 0 amide bonds. The summed E-state index contributed by atoms with van der Waals surface area (Å²) in [7, 11) is 8.41. The number of rotatable bonds is 11. The lowest BCUT2D eigenvalue weighted by Gasteiger charge is -2.25. The van der Waals surface area contributed by atoms with E-state index < -0.39 is 17.9 Å². The third-order valence-corrected chi connectivity index (χ3v) is 5.10. The van der Waals surface area contributed by atoms with Crippen molar-refractivity contribution in [3.63, 3.8) is 0 Å². The maximum Gasteiger partial charge on any atom is 0.336 e. The number of para-hydroxylation sites is 1. The van der Waals surface area contributed by atoms with Crippen molar-refractivity contribution in [1.82, 2.24) is 0 Å². The van der Waals surface area contributed by atoms with Gasteiger partial charge in [-0.05, 0) is 18.9 Å². The molecular weight excluding hydrogens is 470 g/mol. The van der Waals surface area contributed by atoms with E-state index in [2.05, 4.69) is 6.92 Å². The molecular formula is C26H33NO9. The lowest BCUT2D eigenvalue weighted by molar-refractivity contribution is -0.134. The molecule has 0 radical (unpaired) electrons. The van der Waals surface area contributed by atoms with Gasteiger partial charge in [0.25, 0.3) is 0 Å². The Morgan fingerprint density at radius 3 is 1.81 bits per heavy atom. The highest BCUT2D eigenvalue weighted by molar-refractivity contribution is 6.04. The number of ether oxygens (including phenoxy) is 3. The second-order valence-corrected chi connectivity index (χ2v) is 7.66. The van der Waals surface area contributed by atoms with Crippen molar-refractivity contribution in [1.29, 1.82) is 0 Å². The third-order valence-electron chi connectivity index (χ3n) is 5.10. The molecule has 0 aliphatic heterocycles. The van der Waals surface area contributed by atoms with Gasteiger partial charge < -0.3 is 34.4 Å². The van der Waals surface area contributed by atoms with Crippen LogP contribution in [0.3, 0.4) is 0 Å². The maximum atomic E-state index is 12.4. The normalized spacial score (nSPS) is 10.3. The molecule has 196 valence electrons. The fraction of sp³-hybridized carbons (Fsp3) is 0.346. The molecule has 0 aromatic heterocycles. The Bertz CT molecular complexity index is 1090. The summed E-state index contributed by atoms with van der Waals surface area (Å²) in [5, 5.41) is 25.8. The van der Waals surface area contributed by atoms with Crippen molar-refractivity contribution >= 4 is 23.6 Å². The monoisotopic (exact) mass is 503 g/mol. The first-order valence-electron chi connectivity index (χ1n) is 11.0. The van der Waals surface area contributed by atoms with Crippen LogP contribution >= 0.6 is 0 Å². The number of hydrogen-bond donors (Lipinski definition) is 3. The van der Waals surface area contributed by atoms with E-state index in [1.807, 2.05) is 43.3 Å². The van der Waals surface area contributed by atoms with Crippen LogP contribution in [0.4, 0.5) is 5.69 Å². The Morgan fingerprint density at radius 1 is 0.861 bits per heavy atom. The van der Waals surface area contributed by atoms with Gasteiger partial charge in [-0.25, -0.2) is 14.4 Å². The smallest absolute Gasteiger partial charge is 0.336 e. The zero-order chi connectivity index (χ0) is 27.4. The van der Waals surface area contributed by atoms with Crippen LogP contribution in [-0.4, -0.2) is 68.7 Å². The average Bonchev–Trinajstić information content (AvgIpc) is 2.84. The highest BCUT2D eigenvalue weighted by Crippen LogP contribution is 2.51. The fourth-order valence-corrected chi connectivity index (χ4v) is 3.63. The molecule has 10 heteroatoms. The number of carbonyl (C=O) groups is 3. The average molecular weight is 504 g/mol. The highest BCUT2D eigenvalue weighted by atomic mass is 16.5. The van der Waals surface area contributed by atoms with Crippen molar-refractivity contribution in [3.8, 4) is 28.4 Å². The SMILES string of the molecule is CCCCc1c(OC)c(OC)c(OC)c(-c2ccccc2N(C)C)c1C(=O)O.O=C(O)/C=C\C(=O)O. The Balaban J connectivity index is 0.000000697. The van der Waals surface area contributed by atoms with E-state index in [1.54, 1.807) is 0 Å². The number of aliphatic carboxylic acids is 2. The van der Waals surface area contributed by atoms with Gasteiger partial charge >= 0.3 is 17.9 Å². The third kappa shape index (κ3) is 7.39. The van der Waals surface area contributed by atoms with Crippen molar-refractivity contribution in [2.75, 3.05) is 40.3 Å². The van der Waals surface area contributed by atoms with Gasteiger partial charge in [0.1, 0.15) is 0 Å². The van der Waals surface area contributed by atoms with Crippen molar-refractivity contribution in [3.05, 3.63) is 47.5 Å². The lowest BCUT2D eigenvalue weighted by Crippen LogP contribution is -2.14. The number of methoxy groups -OCH3 is 3. The minimum atomic E-state index is -1.26. The van der Waals surface area contributed by atoms with E-state index in [0.29, 0.717) is 46.9 Å². The molecule has 0 spiro atoms. The van der Waals surface area contributed by atoms with E-state index in [-0.39, 0.29) is 5.56 Å². The topological polar surface area (TPSA) is 143 Å². The molecule has 0 heterocycles. The van der Waals surface area contributed by atoms with E-state index in [1.165, 1.54) is 21.3 Å². The minimum Gasteiger partial charge on any atom is -0.492 e. The first kappa shape index (κ1) is 29.8. The van der Waals surface area contributed by atoms with Gasteiger partial charge in [-0.3, -0.25) is 0 Å². The molecule has 0 saturated carbocycles. The number of benzene rings is 2. The molecule has 2 rings (SSSR count). The van der Waals surface area contributed by atoms with E-state index in [4.69, 9.17) is 24.4 Å². The molecule has 0 fully saturated rings. The zero-order valence-electron chi connectivity index (χ0n) is 21.3. The Labute approximate surface area is 210 Å². The second kappa shape index (κ2) is 14.2. The molecule has 0 unspecified atom stereocenters. The lowest BCUT2D eigenvalue weighted by atomic mass is 9.89. The first-order valence-corrected chi connectivity index (χ1v) is 11.0. The molecule has 3 N–H and O–H groups in total. The van der Waals surface area contributed by atoms with Crippen LogP contribution in [-0.2, 0) is 16.0 Å². The van der Waals surface area contributed by atoms with Gasteiger partial charge in [0.05, 0.1) is 26.9 Å². The highest BCUT2D eigenvalue weighted by Gasteiger charge is 2.31. The molecule has 0 aliphatic rings. The number of carboxylic acid groups (broad SMARTS) is 3. The summed E-state index contributed by atoms with van der Waals surface area (Å²) in [6.07, 6.45) is 3.45. The van der Waals surface area contributed by atoms with Gasteiger partial charge in [-0.15, -0.1) is 0 Å². The van der Waals surface area contributed by atoms with Crippen molar-refractivity contribution in [2.45, 2.75) is 26.2 Å². The summed E-state index contributed by atoms with van der Waals surface area (Å²) >= 11 is 0. The van der Waals surface area contributed by atoms with Gasteiger partial charge in [-0.2, -0.15) is 0 Å². The Hall–Kier alpha value is -4.21. The minimum absolute atomic E-state index is 0.192. The molecule has 2 aromatic carbocycles. The van der Waals surface area contributed by atoms with Crippen molar-refractivity contribution in [2.24, 2.45) is 0 Å². The largest absolute Gasteiger partial charge is 0.492 e. The zero-order valence-corrected chi connectivity index (χ0v) is 21.3. The van der Waals surface area contributed by atoms with Crippen LogP contribution in [0, 0.1) is 0 Å². The van der Waals surface area contributed by atoms with Crippen LogP contribution < -0.4 is 19.1 Å². The predicted octanol–water partition coefficient (Wildman–Crippen LogP) is 4.20. The summed E-state index contributed by atoms with van der Waals surface area (Å²) in [6.45, 7) is 2.07. The summed E-state index contributed by atoms with van der Waals surface area (Å²) in [6, 6.07) is 7.65. The molecule has 2 aromatic rings. The van der Waals surface area contributed by atoms with Crippen LogP contribution in [0.25, 0.3) is 11.1 Å². The number of carboxylic acids is 3. The standard InChI is InChI=1S/C22H29NO5.C4H4O4/c1-7-8-11-15-18(22(24)25)17(14-12-9-10-13-16(14)23(2)3)20(27-5)21(28-6)19(15)26-4;5-3(6)1-2-4(7)8/h9-10,12-13H,7-8,11H2,1-6H3,(H,24,25);1-2H,(H,5,6)(H,7,8)/b;2-1-. The summed E-state index contributed by atoms with van der Waals surface area (Å²) in [5.41, 5.74) is 2.97. The van der Waals surface area contributed by atoms with Gasteiger partial charge in [0.15, 0.2) is 11.5 Å². The first-order chi connectivity index (χ1) is 17.0. The van der Waals surface area contributed by atoms with E-state index in [0.717, 1.165) is 24.1 Å². The summed E-state index contributed by atoms with van der Waals surface area (Å²) in [4.78, 5) is 33.5. The van der Waals surface area contributed by atoms with Gasteiger partial charge in [0.2, 0.25) is 5.75 Å². The van der Waals surface area contributed by atoms with Crippen LogP contribution in [0.1, 0.15) is 35.7 Å². The Morgan fingerprint density at radius 2 is 1.39 bits per heavy atom. The van der Waals surface area contributed by atoms with Gasteiger partial charge in [0, 0.05) is 48.6 Å². The summed E-state index contributed by atoms with van der Waals surface area (Å²) < 4.78 is 16.9. The van der Waals surface area contributed by atoms with Crippen LogP contribution in [0.5, 0.6) is 17.2 Å². The number of hydrogen-bond acceptors (Lipinski definition) is 7. The van der Waals surface area contributed by atoms with Crippen molar-refractivity contribution < 1.29 is 43.9 Å². The number of aromatic carboxylic acids is 1. The van der Waals surface area contributed by atoms with Gasteiger partial charge in [-0.1, -0.05) is 31.5 Å². The maximum absolute atomic E-state index is 12.4. The molecule has 0 bridgehead atoms. The summed E-state index contributed by atoms with van der Waals surface area (Å²) in [5.74, 6) is -2.36. The number of unbranched alkanes of at least 4 members (excludes halogenated alkanes) is 1. The molecule has 0 aliphatic carbocycles. The molecule has 10 nitrogen and oxygen atoms in total. The fourth-order valence-electron chi connectivity index (χ4n) is 3.63. The number of nitrogens with zero attached hydrogens (tertiary/aromatic N) is 1. The Kier molecular flexibility index (Phi) is 11.8. The van der Waals surface area contributed by atoms with E-state index >= 15 is 0 Å². The predicted molar refractivity (Wildman–Crippen MR) is 136 cm³/mol. The molecule has 0 atom stereocenters. The molecule has 36 heavy (non-hydrogen) atoms. The molecule has 0 saturated heterocycles. The second-order valence-electron chi connectivity index (χ2n) is 7.66. The number of anilines is 1. The van der Waals surface area contributed by atoms with E-state index in [9.17, 15) is 19.5 Å². The quantitative estimate of drug-likeness (QED) is 0.382. The van der Waals surface area contributed by atoms with Crippen LogP contribution in [0.2, 0.25) is 0 Å². The van der Waals surface area contributed by atoms with Crippen LogP contribution in [0.15, 0.2) is 36.4 Å².